The van der Waals surface area contributed by atoms with Crippen LogP contribution in [0.15, 0.2) is 39.8 Å². The van der Waals surface area contributed by atoms with E-state index in [2.05, 4.69) is 19.7 Å². The Morgan fingerprint density at radius 2 is 2.15 bits per heavy atom. The quantitative estimate of drug-likeness (QED) is 0.691. The zero-order valence-electron chi connectivity index (χ0n) is 19.0. The molecule has 2 atom stereocenters. The Hall–Kier alpha value is -3.52. The standard InChI is InChI=1S/C23H26FN7O2S/c1-15-11-16(13-25)14-27-20(15)21(32)29-17-5-6-19(24)18(12-17)23(2)7-10-34(33)28-8-3-4-9-31(34)22(26)30-23/h5-6,11-12,14H,3-4,7-10H2,1-2H3,(H2,26,30)(H,29,32)/t23-,34-/m0/s1. The molecule has 0 radical (unpaired) electrons. The summed E-state index contributed by atoms with van der Waals surface area (Å²) in [6, 6.07) is 7.78. The summed E-state index contributed by atoms with van der Waals surface area (Å²) in [4.78, 5) is 21.5. The summed E-state index contributed by atoms with van der Waals surface area (Å²) in [7, 11) is -2.74. The number of carbonyl (C=O) groups excluding carboxylic acids is 1. The van der Waals surface area contributed by atoms with Crippen LogP contribution in [0.1, 0.15) is 53.4 Å². The number of benzene rings is 1. The van der Waals surface area contributed by atoms with E-state index in [1.807, 2.05) is 6.07 Å². The summed E-state index contributed by atoms with van der Waals surface area (Å²) in [6.07, 6.45) is 3.23. The number of aliphatic imine (C=N–C) groups is 1. The average Bonchev–Trinajstić information content (AvgIpc) is 3.05. The molecule has 11 heteroatoms. The number of hydrogen-bond acceptors (Lipinski definition) is 7. The number of hydrogen-bond donors (Lipinski definition) is 2. The number of aryl methyl sites for hydroxylation is 1. The Bertz CT molecular complexity index is 1340. The van der Waals surface area contributed by atoms with E-state index in [-0.39, 0.29) is 29.4 Å². The fourth-order valence-corrected chi connectivity index (χ4v) is 6.51. The minimum Gasteiger partial charge on any atom is -0.369 e. The zero-order valence-corrected chi connectivity index (χ0v) is 19.9. The first kappa shape index (κ1) is 23.6. The summed E-state index contributed by atoms with van der Waals surface area (Å²) in [5.41, 5.74) is 6.82. The molecule has 34 heavy (non-hydrogen) atoms. The van der Waals surface area contributed by atoms with Crippen LogP contribution in [0.2, 0.25) is 0 Å². The van der Waals surface area contributed by atoms with Crippen molar-refractivity contribution >= 4 is 27.5 Å². The Morgan fingerprint density at radius 3 is 2.88 bits per heavy atom. The SMILES string of the molecule is Cc1cc(C#N)cnc1C(=O)Nc1ccc(F)c([C@]2(C)CC[S@]3(=O)=NCCCCN3C(N)=N2)c1. The first-order valence-electron chi connectivity index (χ1n) is 11.0. The Morgan fingerprint density at radius 1 is 1.35 bits per heavy atom. The van der Waals surface area contributed by atoms with Gasteiger partial charge in [-0.05, 0) is 62.9 Å². The van der Waals surface area contributed by atoms with Crippen molar-refractivity contribution in [2.75, 3.05) is 24.2 Å². The molecule has 1 aromatic carbocycles. The highest BCUT2D eigenvalue weighted by molar-refractivity contribution is 7.91. The molecule has 3 heterocycles. The van der Waals surface area contributed by atoms with E-state index in [4.69, 9.17) is 11.0 Å². The summed E-state index contributed by atoms with van der Waals surface area (Å²) in [5, 5.41) is 11.7. The average molecular weight is 484 g/mol. The number of fused-ring (bicyclic) bond motifs is 1. The molecule has 4 rings (SSSR count). The van der Waals surface area contributed by atoms with Crippen LogP contribution in [0.4, 0.5) is 10.1 Å². The Balaban J connectivity index is 1.66. The Labute approximate surface area is 198 Å². The largest absolute Gasteiger partial charge is 0.369 e. The van der Waals surface area contributed by atoms with Gasteiger partial charge in [0.1, 0.15) is 27.5 Å². The van der Waals surface area contributed by atoms with E-state index in [1.54, 1.807) is 24.2 Å². The van der Waals surface area contributed by atoms with E-state index in [1.165, 1.54) is 24.4 Å². The highest BCUT2D eigenvalue weighted by Gasteiger charge is 2.37. The first-order valence-corrected chi connectivity index (χ1v) is 12.6. The number of rotatable bonds is 3. The van der Waals surface area contributed by atoms with Gasteiger partial charge in [0.25, 0.3) is 5.91 Å². The number of nitrogens with one attached hydrogen (secondary N) is 1. The second kappa shape index (κ2) is 9.02. The molecule has 0 unspecified atom stereocenters. The van der Waals surface area contributed by atoms with Gasteiger partial charge in [-0.25, -0.2) is 22.9 Å². The molecule has 0 saturated carbocycles. The van der Waals surface area contributed by atoms with Crippen LogP contribution in [0.3, 0.4) is 0 Å². The Kier molecular flexibility index (Phi) is 6.27. The van der Waals surface area contributed by atoms with Crippen LogP contribution >= 0.6 is 0 Å². The van der Waals surface area contributed by atoms with Gasteiger partial charge in [0.05, 0.1) is 23.4 Å². The molecule has 0 fully saturated rings. The normalized spacial score (nSPS) is 24.5. The predicted octanol–water partition coefficient (Wildman–Crippen LogP) is 3.07. The molecule has 2 aliphatic rings. The van der Waals surface area contributed by atoms with Crippen LogP contribution in [0.5, 0.6) is 0 Å². The number of nitriles is 1. The molecular weight excluding hydrogens is 457 g/mol. The summed E-state index contributed by atoms with van der Waals surface area (Å²) >= 11 is 0. The van der Waals surface area contributed by atoms with Crippen LogP contribution in [0, 0.1) is 24.1 Å². The van der Waals surface area contributed by atoms with Gasteiger partial charge in [-0.3, -0.25) is 9.10 Å². The van der Waals surface area contributed by atoms with Crippen molar-refractivity contribution in [3.8, 4) is 6.07 Å². The summed E-state index contributed by atoms with van der Waals surface area (Å²) in [6.45, 7) is 4.42. The molecular formula is C23H26FN7O2S. The third-order valence-electron chi connectivity index (χ3n) is 6.11. The second-order valence-electron chi connectivity index (χ2n) is 8.62. The number of carbonyl (C=O) groups is 1. The number of halogens is 1. The smallest absolute Gasteiger partial charge is 0.274 e. The summed E-state index contributed by atoms with van der Waals surface area (Å²) in [5.74, 6) is -0.697. The topological polar surface area (TPSA) is 137 Å². The van der Waals surface area contributed by atoms with Crippen molar-refractivity contribution in [1.29, 1.82) is 5.26 Å². The van der Waals surface area contributed by atoms with Crippen LogP contribution in [0.25, 0.3) is 0 Å². The lowest BCUT2D eigenvalue weighted by molar-refractivity contribution is 0.102. The van der Waals surface area contributed by atoms with E-state index in [0.29, 0.717) is 29.9 Å². The van der Waals surface area contributed by atoms with Gasteiger partial charge in [-0.1, -0.05) is 0 Å². The lowest BCUT2D eigenvalue weighted by Crippen LogP contribution is -2.42. The van der Waals surface area contributed by atoms with Crippen molar-refractivity contribution in [2.45, 2.75) is 38.6 Å². The van der Waals surface area contributed by atoms with Crippen molar-refractivity contribution in [2.24, 2.45) is 15.1 Å². The van der Waals surface area contributed by atoms with E-state index in [0.717, 1.165) is 12.8 Å². The minimum absolute atomic E-state index is 0.0851. The first-order chi connectivity index (χ1) is 16.1. The van der Waals surface area contributed by atoms with Gasteiger partial charge in [0.15, 0.2) is 0 Å². The lowest BCUT2D eigenvalue weighted by atomic mass is 9.89. The van der Waals surface area contributed by atoms with Crippen molar-refractivity contribution < 1.29 is 13.4 Å². The van der Waals surface area contributed by atoms with E-state index in [9.17, 15) is 9.00 Å². The second-order valence-corrected chi connectivity index (χ2v) is 10.9. The monoisotopic (exact) mass is 483 g/mol. The van der Waals surface area contributed by atoms with Crippen LogP contribution in [-0.2, 0) is 15.5 Å². The third kappa shape index (κ3) is 4.46. The lowest BCUT2D eigenvalue weighted by Gasteiger charge is -2.25. The highest BCUT2D eigenvalue weighted by atomic mass is 32.2. The van der Waals surface area contributed by atoms with Gasteiger partial charge < -0.3 is 11.1 Å². The van der Waals surface area contributed by atoms with Gasteiger partial charge in [0.2, 0.25) is 5.96 Å². The molecule has 1 aromatic heterocycles. The van der Waals surface area contributed by atoms with Gasteiger partial charge in [0, 0.05) is 24.0 Å². The summed E-state index contributed by atoms with van der Waals surface area (Å²) < 4.78 is 34.5. The molecule has 3 N–H and O–H groups in total. The van der Waals surface area contributed by atoms with Gasteiger partial charge in [-0.15, -0.1) is 0 Å². The fourth-order valence-electron chi connectivity index (χ4n) is 4.19. The maximum Gasteiger partial charge on any atom is 0.274 e. The number of aromatic nitrogens is 1. The number of pyridine rings is 1. The number of amides is 1. The van der Waals surface area contributed by atoms with Crippen molar-refractivity contribution in [3.05, 3.63) is 58.7 Å². The molecule has 1 amide bonds. The van der Waals surface area contributed by atoms with Crippen molar-refractivity contribution in [1.82, 2.24) is 9.29 Å². The number of nitrogens with zero attached hydrogens (tertiary/aromatic N) is 5. The van der Waals surface area contributed by atoms with E-state index >= 15 is 4.39 Å². The van der Waals surface area contributed by atoms with Gasteiger partial charge in [-0.2, -0.15) is 5.26 Å². The van der Waals surface area contributed by atoms with Crippen molar-refractivity contribution in [3.63, 3.8) is 0 Å². The molecule has 178 valence electrons. The van der Waals surface area contributed by atoms with Crippen LogP contribution < -0.4 is 11.1 Å². The van der Waals surface area contributed by atoms with Crippen LogP contribution in [-0.4, -0.2) is 44.2 Å². The molecule has 2 aromatic rings. The molecule has 2 aliphatic heterocycles. The molecule has 9 nitrogen and oxygen atoms in total. The van der Waals surface area contributed by atoms with E-state index < -0.39 is 27.2 Å². The molecule has 0 saturated heterocycles. The molecule has 0 bridgehead atoms. The maximum atomic E-state index is 15.0. The number of anilines is 1. The maximum absolute atomic E-state index is 15.0. The highest BCUT2D eigenvalue weighted by Crippen LogP contribution is 2.36. The molecule has 0 spiro atoms. The number of guanidine groups is 1. The number of nitrogens with two attached hydrogens (primary N) is 1. The third-order valence-corrected chi connectivity index (χ3v) is 8.49. The zero-order chi connectivity index (χ0) is 24.5. The fraction of sp³-hybridized carbons (Fsp3) is 0.391. The minimum atomic E-state index is -2.74. The molecule has 0 aliphatic carbocycles. The van der Waals surface area contributed by atoms with Gasteiger partial charge >= 0.3 is 0 Å². The predicted molar refractivity (Wildman–Crippen MR) is 128 cm³/mol.